The van der Waals surface area contributed by atoms with Crippen molar-refractivity contribution >= 4 is 11.3 Å². The summed E-state index contributed by atoms with van der Waals surface area (Å²) < 4.78 is 27.8. The number of thiophene rings is 1. The van der Waals surface area contributed by atoms with Crippen LogP contribution in [0.1, 0.15) is 16.8 Å². The van der Waals surface area contributed by atoms with Crippen molar-refractivity contribution in [2.24, 2.45) is 0 Å². The van der Waals surface area contributed by atoms with E-state index in [0.29, 0.717) is 36.6 Å². The summed E-state index contributed by atoms with van der Waals surface area (Å²) in [7, 11) is 0. The molecule has 3 aromatic rings. The molecule has 1 aliphatic heterocycles. The van der Waals surface area contributed by atoms with E-state index in [4.69, 9.17) is 0 Å². The molecule has 0 saturated heterocycles. The molecule has 0 bridgehead atoms. The molecule has 0 radical (unpaired) electrons. The normalized spacial score (nSPS) is 14.5. The molecule has 1 N–H and O–H groups in total. The summed E-state index contributed by atoms with van der Waals surface area (Å²) in [5.41, 5.74) is 1.25. The first-order valence-electron chi connectivity index (χ1n) is 7.93. The Hall–Kier alpha value is -2.38. The smallest absolute Gasteiger partial charge is 0.254 e. The number of benzene rings is 1. The van der Waals surface area contributed by atoms with E-state index >= 15 is 0 Å². The van der Waals surface area contributed by atoms with Gasteiger partial charge in [0.1, 0.15) is 11.6 Å². The molecule has 4 rings (SSSR count). The van der Waals surface area contributed by atoms with Crippen LogP contribution in [0, 0.1) is 11.6 Å². The van der Waals surface area contributed by atoms with Crippen LogP contribution < -0.4 is 5.56 Å². The highest BCUT2D eigenvalue weighted by Crippen LogP contribution is 2.24. The Bertz CT molecular complexity index is 949. The van der Waals surface area contributed by atoms with Crippen LogP contribution in [0.3, 0.4) is 0 Å². The molecule has 1 aromatic carbocycles. The van der Waals surface area contributed by atoms with Gasteiger partial charge in [-0.25, -0.2) is 13.8 Å². The van der Waals surface area contributed by atoms with Gasteiger partial charge < -0.3 is 4.98 Å². The molecular weight excluding hydrogens is 344 g/mol. The highest BCUT2D eigenvalue weighted by atomic mass is 32.1. The van der Waals surface area contributed by atoms with E-state index in [1.165, 1.54) is 29.5 Å². The van der Waals surface area contributed by atoms with Gasteiger partial charge in [-0.2, -0.15) is 0 Å². The Balaban J connectivity index is 1.63. The predicted molar refractivity (Wildman–Crippen MR) is 92.3 cm³/mol. The Morgan fingerprint density at radius 1 is 1.20 bits per heavy atom. The maximum Gasteiger partial charge on any atom is 0.254 e. The van der Waals surface area contributed by atoms with Crippen molar-refractivity contribution in [2.75, 3.05) is 6.54 Å². The molecule has 4 nitrogen and oxygen atoms in total. The van der Waals surface area contributed by atoms with Gasteiger partial charge in [-0.15, -0.1) is 11.3 Å². The average molecular weight is 359 g/mol. The van der Waals surface area contributed by atoms with Gasteiger partial charge in [0, 0.05) is 30.8 Å². The first-order valence-corrected chi connectivity index (χ1v) is 8.81. The first-order chi connectivity index (χ1) is 12.1. The van der Waals surface area contributed by atoms with Crippen LogP contribution in [0.2, 0.25) is 0 Å². The first kappa shape index (κ1) is 16.1. The van der Waals surface area contributed by atoms with E-state index in [9.17, 15) is 13.6 Å². The zero-order valence-corrected chi connectivity index (χ0v) is 14.1. The lowest BCUT2D eigenvalue weighted by atomic mass is 10.1. The standard InChI is InChI=1S/C18H15F2N3OS/c19-13-3-1-4-14(20)12(13)9-23-7-6-11-15(10-23)21-17(22-18(11)24)16-5-2-8-25-16/h1-5,8H,6-7,9-10H2,(H,21,22,24). The summed E-state index contributed by atoms with van der Waals surface area (Å²) in [5.74, 6) is -0.564. The number of H-pyrrole nitrogens is 1. The minimum Gasteiger partial charge on any atom is -0.306 e. The zero-order valence-electron chi connectivity index (χ0n) is 13.3. The number of nitrogens with one attached hydrogen (secondary N) is 1. The number of halogens is 2. The van der Waals surface area contributed by atoms with Crippen molar-refractivity contribution in [1.82, 2.24) is 14.9 Å². The number of rotatable bonds is 3. The minimum atomic E-state index is -0.552. The second kappa shape index (κ2) is 6.50. The molecule has 0 atom stereocenters. The molecular formula is C18H15F2N3OS. The molecule has 7 heteroatoms. The van der Waals surface area contributed by atoms with Crippen LogP contribution in [0.4, 0.5) is 8.78 Å². The predicted octanol–water partition coefficient (Wildman–Crippen LogP) is 3.33. The number of hydrogen-bond acceptors (Lipinski definition) is 4. The van der Waals surface area contributed by atoms with E-state index in [0.717, 1.165) is 4.88 Å². The SMILES string of the molecule is O=c1[nH]c(-c2cccs2)nc2c1CCN(Cc1c(F)cccc1F)C2. The second-order valence-electron chi connectivity index (χ2n) is 5.98. The number of fused-ring (bicyclic) bond motifs is 1. The second-order valence-corrected chi connectivity index (χ2v) is 6.93. The van der Waals surface area contributed by atoms with Crippen LogP contribution >= 0.6 is 11.3 Å². The number of aromatic nitrogens is 2. The van der Waals surface area contributed by atoms with E-state index < -0.39 is 11.6 Å². The van der Waals surface area contributed by atoms with Crippen LogP contribution in [0.5, 0.6) is 0 Å². The number of hydrogen-bond donors (Lipinski definition) is 1. The third-order valence-electron chi connectivity index (χ3n) is 4.35. The van der Waals surface area contributed by atoms with E-state index in [2.05, 4.69) is 9.97 Å². The zero-order chi connectivity index (χ0) is 17.4. The third kappa shape index (κ3) is 3.12. The molecule has 0 fully saturated rings. The van der Waals surface area contributed by atoms with Gasteiger partial charge in [-0.3, -0.25) is 9.69 Å². The molecule has 25 heavy (non-hydrogen) atoms. The maximum atomic E-state index is 13.9. The molecule has 3 heterocycles. The molecule has 2 aromatic heterocycles. The van der Waals surface area contributed by atoms with Crippen LogP contribution in [0.25, 0.3) is 10.7 Å². The van der Waals surface area contributed by atoms with Crippen LogP contribution in [0.15, 0.2) is 40.5 Å². The van der Waals surface area contributed by atoms with Crippen molar-refractivity contribution < 1.29 is 8.78 Å². The Kier molecular flexibility index (Phi) is 4.19. The van der Waals surface area contributed by atoms with Crippen molar-refractivity contribution in [1.29, 1.82) is 0 Å². The van der Waals surface area contributed by atoms with Gasteiger partial charge >= 0.3 is 0 Å². The summed E-state index contributed by atoms with van der Waals surface area (Å²) in [6.45, 7) is 1.11. The van der Waals surface area contributed by atoms with Gasteiger partial charge in [-0.05, 0) is 30.0 Å². The summed E-state index contributed by atoms with van der Waals surface area (Å²) in [6.07, 6.45) is 0.512. The summed E-state index contributed by atoms with van der Waals surface area (Å²) >= 11 is 1.50. The fraction of sp³-hybridized carbons (Fsp3) is 0.222. The summed E-state index contributed by atoms with van der Waals surface area (Å²) in [5, 5.41) is 1.92. The molecule has 0 spiro atoms. The quantitative estimate of drug-likeness (QED) is 0.780. The van der Waals surface area contributed by atoms with Crippen LogP contribution in [-0.2, 0) is 19.5 Å². The molecule has 0 aliphatic carbocycles. The van der Waals surface area contributed by atoms with E-state index in [-0.39, 0.29) is 17.7 Å². The summed E-state index contributed by atoms with van der Waals surface area (Å²) in [6, 6.07) is 7.66. The molecule has 1 aliphatic rings. The van der Waals surface area contributed by atoms with Crippen molar-refractivity contribution in [3.63, 3.8) is 0 Å². The average Bonchev–Trinajstić information content (AvgIpc) is 3.12. The fourth-order valence-electron chi connectivity index (χ4n) is 3.07. The molecule has 0 unspecified atom stereocenters. The lowest BCUT2D eigenvalue weighted by Gasteiger charge is -2.27. The fourth-order valence-corrected chi connectivity index (χ4v) is 3.73. The highest BCUT2D eigenvalue weighted by Gasteiger charge is 2.23. The topological polar surface area (TPSA) is 49.0 Å². The van der Waals surface area contributed by atoms with Crippen LogP contribution in [-0.4, -0.2) is 21.4 Å². The lowest BCUT2D eigenvalue weighted by molar-refractivity contribution is 0.233. The largest absolute Gasteiger partial charge is 0.306 e. The van der Waals surface area contributed by atoms with Gasteiger partial charge in [0.2, 0.25) is 0 Å². The highest BCUT2D eigenvalue weighted by molar-refractivity contribution is 7.13. The number of nitrogens with zero attached hydrogens (tertiary/aromatic N) is 2. The van der Waals surface area contributed by atoms with Crippen molar-refractivity contribution in [2.45, 2.75) is 19.5 Å². The Labute approximate surface area is 146 Å². The lowest BCUT2D eigenvalue weighted by Crippen LogP contribution is -2.35. The Morgan fingerprint density at radius 3 is 2.72 bits per heavy atom. The van der Waals surface area contributed by atoms with Gasteiger partial charge in [0.25, 0.3) is 5.56 Å². The van der Waals surface area contributed by atoms with Gasteiger partial charge in [0.05, 0.1) is 10.6 Å². The molecule has 0 saturated carbocycles. The van der Waals surface area contributed by atoms with E-state index in [1.807, 2.05) is 22.4 Å². The maximum absolute atomic E-state index is 13.9. The Morgan fingerprint density at radius 2 is 2.00 bits per heavy atom. The molecule has 128 valence electrons. The van der Waals surface area contributed by atoms with Crippen molar-refractivity contribution in [3.8, 4) is 10.7 Å². The van der Waals surface area contributed by atoms with Gasteiger partial charge in [-0.1, -0.05) is 12.1 Å². The van der Waals surface area contributed by atoms with Crippen molar-refractivity contribution in [3.05, 3.63) is 74.5 Å². The molecule has 0 amide bonds. The minimum absolute atomic E-state index is 0.0503. The summed E-state index contributed by atoms with van der Waals surface area (Å²) in [4.78, 5) is 22.5. The van der Waals surface area contributed by atoms with Gasteiger partial charge in [0.15, 0.2) is 5.82 Å². The third-order valence-corrected chi connectivity index (χ3v) is 5.23. The monoisotopic (exact) mass is 359 g/mol. The number of aromatic amines is 1. The van der Waals surface area contributed by atoms with E-state index in [1.54, 1.807) is 0 Å².